The fourth-order valence-corrected chi connectivity index (χ4v) is 3.71. The fraction of sp³-hybridized carbons (Fsp3) is 0.231. The van der Waals surface area contributed by atoms with Gasteiger partial charge in [-0.1, -0.05) is 78.9 Å². The van der Waals surface area contributed by atoms with Crippen molar-refractivity contribution >= 4 is 11.8 Å². The summed E-state index contributed by atoms with van der Waals surface area (Å²) in [6.07, 6.45) is 0.234. The van der Waals surface area contributed by atoms with Gasteiger partial charge in [0.05, 0.1) is 0 Å². The van der Waals surface area contributed by atoms with Gasteiger partial charge >= 0.3 is 0 Å². The van der Waals surface area contributed by atoms with Gasteiger partial charge in [-0.3, -0.25) is 9.59 Å². The number of carbonyl (C=O) groups excluding carboxylic acids is 2. The Morgan fingerprint density at radius 2 is 1.33 bits per heavy atom. The first-order valence-electron chi connectivity index (χ1n) is 10.3. The summed E-state index contributed by atoms with van der Waals surface area (Å²) in [6.45, 7) is 4.22. The van der Waals surface area contributed by atoms with Gasteiger partial charge in [-0.05, 0) is 36.6 Å². The predicted octanol–water partition coefficient (Wildman–Crippen LogP) is 4.45. The van der Waals surface area contributed by atoms with Crippen molar-refractivity contribution in [2.45, 2.75) is 32.2 Å². The topological polar surface area (TPSA) is 58.2 Å². The van der Waals surface area contributed by atoms with Gasteiger partial charge in [0.15, 0.2) is 0 Å². The summed E-state index contributed by atoms with van der Waals surface area (Å²) >= 11 is 0. The summed E-state index contributed by atoms with van der Waals surface area (Å²) < 4.78 is 0. The summed E-state index contributed by atoms with van der Waals surface area (Å²) in [5.41, 5.74) is 3.87. The molecule has 0 bridgehead atoms. The first kappa shape index (κ1) is 21.3. The fourth-order valence-electron chi connectivity index (χ4n) is 3.71. The minimum atomic E-state index is -0.152. The highest BCUT2D eigenvalue weighted by atomic mass is 16.2. The molecule has 0 radical (unpaired) electrons. The third-order valence-electron chi connectivity index (χ3n) is 5.23. The van der Waals surface area contributed by atoms with Crippen LogP contribution in [0.25, 0.3) is 0 Å². The van der Waals surface area contributed by atoms with Crippen LogP contribution in [0.2, 0.25) is 0 Å². The van der Waals surface area contributed by atoms with Gasteiger partial charge in [-0.25, -0.2) is 0 Å². The van der Waals surface area contributed by atoms with Crippen LogP contribution in [0.5, 0.6) is 0 Å². The molecule has 4 heteroatoms. The largest absolute Gasteiger partial charge is 0.353 e. The zero-order chi connectivity index (χ0) is 21.3. The van der Waals surface area contributed by atoms with Gasteiger partial charge in [0.25, 0.3) is 5.91 Å². The van der Waals surface area contributed by atoms with Gasteiger partial charge in [-0.2, -0.15) is 0 Å². The van der Waals surface area contributed by atoms with Crippen LogP contribution >= 0.6 is 0 Å². The highest BCUT2D eigenvalue weighted by Gasteiger charge is 2.22. The number of benzene rings is 3. The molecule has 1 unspecified atom stereocenters. The van der Waals surface area contributed by atoms with Gasteiger partial charge in [0, 0.05) is 30.5 Å². The molecule has 0 spiro atoms. The third kappa shape index (κ3) is 5.57. The molecule has 0 saturated carbocycles. The van der Waals surface area contributed by atoms with Gasteiger partial charge in [0.1, 0.15) is 0 Å². The highest BCUT2D eigenvalue weighted by Crippen LogP contribution is 2.27. The minimum absolute atomic E-state index is 0.0536. The standard InChI is InChI=1S/C26H28N2O2/c1-19-11-9-10-16-23(19)26(30)27-18-17-24(29)28-20(2)25(21-12-5-3-6-13-21)22-14-7-4-8-15-22/h3-16,20,25H,17-18H2,1-2H3,(H,27,30)(H,28,29). The van der Waals surface area contributed by atoms with E-state index in [0.717, 1.165) is 16.7 Å². The molecule has 30 heavy (non-hydrogen) atoms. The van der Waals surface area contributed by atoms with Crippen molar-refractivity contribution in [1.82, 2.24) is 10.6 Å². The minimum Gasteiger partial charge on any atom is -0.353 e. The second kappa shape index (κ2) is 10.4. The van der Waals surface area contributed by atoms with Gasteiger partial charge in [-0.15, -0.1) is 0 Å². The normalized spacial score (nSPS) is 11.7. The van der Waals surface area contributed by atoms with Crippen LogP contribution in [0.4, 0.5) is 0 Å². The Bertz CT molecular complexity index is 931. The molecule has 2 N–H and O–H groups in total. The van der Waals surface area contributed by atoms with E-state index >= 15 is 0 Å². The summed E-state index contributed by atoms with van der Waals surface area (Å²) in [4.78, 5) is 24.8. The zero-order valence-corrected chi connectivity index (χ0v) is 17.5. The maximum atomic E-state index is 12.5. The van der Waals surface area contributed by atoms with E-state index in [2.05, 4.69) is 34.9 Å². The first-order chi connectivity index (χ1) is 14.6. The van der Waals surface area contributed by atoms with E-state index in [1.165, 1.54) is 0 Å². The quantitative estimate of drug-likeness (QED) is 0.587. The number of hydrogen-bond acceptors (Lipinski definition) is 2. The van der Waals surface area contributed by atoms with Crippen LogP contribution in [0.15, 0.2) is 84.9 Å². The monoisotopic (exact) mass is 400 g/mol. The summed E-state index contributed by atoms with van der Waals surface area (Å²) in [6, 6.07) is 27.7. The lowest BCUT2D eigenvalue weighted by atomic mass is 9.86. The Morgan fingerprint density at radius 3 is 1.90 bits per heavy atom. The average molecular weight is 401 g/mol. The van der Waals surface area contributed by atoms with E-state index in [1.54, 1.807) is 6.07 Å². The number of aryl methyl sites for hydroxylation is 1. The van der Waals surface area contributed by atoms with E-state index in [-0.39, 0.29) is 30.2 Å². The molecular weight excluding hydrogens is 372 g/mol. The van der Waals surface area contributed by atoms with E-state index < -0.39 is 0 Å². The van der Waals surface area contributed by atoms with Crippen molar-refractivity contribution in [2.75, 3.05) is 6.54 Å². The Labute approximate surface area is 178 Å². The molecule has 0 fully saturated rings. The van der Waals surface area contributed by atoms with Crippen LogP contribution in [0.1, 0.15) is 46.3 Å². The molecule has 4 nitrogen and oxygen atoms in total. The van der Waals surface area contributed by atoms with E-state index in [4.69, 9.17) is 0 Å². The molecule has 1 atom stereocenters. The number of amides is 2. The maximum absolute atomic E-state index is 12.5. The molecule has 0 aliphatic carbocycles. The molecule has 0 aromatic heterocycles. The average Bonchev–Trinajstić information content (AvgIpc) is 2.75. The predicted molar refractivity (Wildman–Crippen MR) is 120 cm³/mol. The van der Waals surface area contributed by atoms with Crippen molar-refractivity contribution < 1.29 is 9.59 Å². The van der Waals surface area contributed by atoms with Crippen molar-refractivity contribution in [2.24, 2.45) is 0 Å². The molecular formula is C26H28N2O2. The first-order valence-corrected chi connectivity index (χ1v) is 10.3. The van der Waals surface area contributed by atoms with Crippen LogP contribution in [-0.2, 0) is 4.79 Å². The molecule has 3 aromatic rings. The van der Waals surface area contributed by atoms with E-state index in [1.807, 2.05) is 68.4 Å². The van der Waals surface area contributed by atoms with Crippen molar-refractivity contribution in [3.05, 3.63) is 107 Å². The lowest BCUT2D eigenvalue weighted by molar-refractivity contribution is -0.121. The Morgan fingerprint density at radius 1 is 0.800 bits per heavy atom. The number of nitrogens with one attached hydrogen (secondary N) is 2. The molecule has 3 aromatic carbocycles. The Kier molecular flexibility index (Phi) is 7.39. The molecule has 0 saturated heterocycles. The zero-order valence-electron chi connectivity index (χ0n) is 17.5. The Balaban J connectivity index is 1.59. The van der Waals surface area contributed by atoms with E-state index in [0.29, 0.717) is 12.1 Å². The number of carbonyl (C=O) groups is 2. The summed E-state index contributed by atoms with van der Waals surface area (Å²) in [5.74, 6) is -0.178. The molecule has 154 valence electrons. The van der Waals surface area contributed by atoms with Gasteiger partial charge in [0.2, 0.25) is 5.91 Å². The second-order valence-electron chi connectivity index (χ2n) is 7.48. The SMILES string of the molecule is Cc1ccccc1C(=O)NCCC(=O)NC(C)C(c1ccccc1)c1ccccc1. The number of rotatable bonds is 8. The van der Waals surface area contributed by atoms with Crippen LogP contribution in [0, 0.1) is 6.92 Å². The molecule has 2 amide bonds. The second-order valence-corrected chi connectivity index (χ2v) is 7.48. The van der Waals surface area contributed by atoms with Crippen molar-refractivity contribution in [1.29, 1.82) is 0 Å². The third-order valence-corrected chi connectivity index (χ3v) is 5.23. The highest BCUT2D eigenvalue weighted by molar-refractivity contribution is 5.95. The van der Waals surface area contributed by atoms with Crippen LogP contribution < -0.4 is 10.6 Å². The van der Waals surface area contributed by atoms with Crippen molar-refractivity contribution in [3.8, 4) is 0 Å². The van der Waals surface area contributed by atoms with Crippen LogP contribution in [-0.4, -0.2) is 24.4 Å². The van der Waals surface area contributed by atoms with E-state index in [9.17, 15) is 9.59 Å². The summed E-state index contributed by atoms with van der Waals surface area (Å²) in [7, 11) is 0. The summed E-state index contributed by atoms with van der Waals surface area (Å²) in [5, 5.41) is 5.95. The smallest absolute Gasteiger partial charge is 0.251 e. The molecule has 0 heterocycles. The van der Waals surface area contributed by atoms with Gasteiger partial charge < -0.3 is 10.6 Å². The molecule has 0 aliphatic rings. The Hall–Kier alpha value is -3.40. The number of hydrogen-bond donors (Lipinski definition) is 2. The lowest BCUT2D eigenvalue weighted by Gasteiger charge is -2.26. The maximum Gasteiger partial charge on any atom is 0.251 e. The lowest BCUT2D eigenvalue weighted by Crippen LogP contribution is -2.39. The molecule has 0 aliphatic heterocycles. The van der Waals surface area contributed by atoms with Crippen LogP contribution in [0.3, 0.4) is 0 Å². The molecule has 3 rings (SSSR count). The van der Waals surface area contributed by atoms with Crippen molar-refractivity contribution in [3.63, 3.8) is 0 Å².